The summed E-state index contributed by atoms with van der Waals surface area (Å²) in [6.45, 7) is 0.332. The summed E-state index contributed by atoms with van der Waals surface area (Å²) < 4.78 is 18.1. The minimum absolute atomic E-state index is 0.226. The molecule has 0 unspecified atom stereocenters. The van der Waals surface area contributed by atoms with Gasteiger partial charge in [-0.05, 0) is 30.5 Å². The third kappa shape index (κ3) is 2.81. The van der Waals surface area contributed by atoms with E-state index in [9.17, 15) is 9.18 Å². The summed E-state index contributed by atoms with van der Waals surface area (Å²) in [5.74, 6) is 0.665. The molecule has 1 aromatic heterocycles. The molecule has 0 spiro atoms. The molecule has 0 atom stereocenters. The van der Waals surface area contributed by atoms with Crippen LogP contribution in [0.1, 0.15) is 40.8 Å². The van der Waals surface area contributed by atoms with Crippen molar-refractivity contribution in [3.8, 4) is 0 Å². The lowest BCUT2D eigenvalue weighted by molar-refractivity contribution is 0.0921. The number of nitrogens with zero attached hydrogens (tertiary/aromatic N) is 1. The predicted octanol–water partition coefficient (Wildman–Crippen LogP) is 2.62. The molecular weight excluding hydrogens is 247 g/mol. The van der Waals surface area contributed by atoms with E-state index in [0.717, 1.165) is 18.4 Å². The van der Waals surface area contributed by atoms with Crippen LogP contribution < -0.4 is 5.32 Å². The molecule has 1 N–H and O–H groups in total. The molecule has 0 bridgehead atoms. The molecular formula is C14H13FN2O2. The predicted molar refractivity (Wildman–Crippen MR) is 66.0 cm³/mol. The Morgan fingerprint density at radius 3 is 2.79 bits per heavy atom. The summed E-state index contributed by atoms with van der Waals surface area (Å²) in [5, 5.41) is 2.71. The zero-order valence-electron chi connectivity index (χ0n) is 10.2. The Kier molecular flexibility index (Phi) is 3.03. The van der Waals surface area contributed by atoms with Gasteiger partial charge in [-0.1, -0.05) is 12.1 Å². The van der Waals surface area contributed by atoms with Gasteiger partial charge in [0, 0.05) is 12.5 Å². The van der Waals surface area contributed by atoms with Gasteiger partial charge < -0.3 is 9.73 Å². The van der Waals surface area contributed by atoms with Crippen LogP contribution in [-0.4, -0.2) is 10.9 Å². The summed E-state index contributed by atoms with van der Waals surface area (Å²) in [5.41, 5.74) is 0.830. The minimum atomic E-state index is -0.302. The first-order valence-electron chi connectivity index (χ1n) is 6.21. The van der Waals surface area contributed by atoms with E-state index >= 15 is 0 Å². The summed E-state index contributed by atoms with van der Waals surface area (Å²) >= 11 is 0. The van der Waals surface area contributed by atoms with Gasteiger partial charge in [-0.25, -0.2) is 9.37 Å². The maximum Gasteiger partial charge on any atom is 0.288 e. The van der Waals surface area contributed by atoms with Gasteiger partial charge >= 0.3 is 0 Å². The van der Waals surface area contributed by atoms with Gasteiger partial charge in [-0.15, -0.1) is 0 Å². The number of oxazole rings is 1. The first kappa shape index (κ1) is 11.9. The average Bonchev–Trinajstić information content (AvgIpc) is 3.15. The number of halogens is 1. The van der Waals surface area contributed by atoms with Crippen molar-refractivity contribution in [2.24, 2.45) is 0 Å². The second-order valence-corrected chi connectivity index (χ2v) is 4.65. The molecule has 1 saturated carbocycles. The van der Waals surface area contributed by atoms with Crippen molar-refractivity contribution >= 4 is 5.91 Å². The highest BCUT2D eigenvalue weighted by atomic mass is 19.1. The summed E-state index contributed by atoms with van der Waals surface area (Å²) in [7, 11) is 0. The maximum atomic E-state index is 12.7. The molecule has 0 radical (unpaired) electrons. The van der Waals surface area contributed by atoms with Crippen molar-refractivity contribution in [1.29, 1.82) is 0 Å². The fraction of sp³-hybridized carbons (Fsp3) is 0.286. The Labute approximate surface area is 109 Å². The molecule has 4 nitrogen and oxygen atoms in total. The van der Waals surface area contributed by atoms with E-state index in [-0.39, 0.29) is 17.5 Å². The van der Waals surface area contributed by atoms with Gasteiger partial charge in [0.2, 0.25) is 5.76 Å². The molecule has 0 saturated heterocycles. The summed E-state index contributed by atoms with van der Waals surface area (Å²) in [6.07, 6.45) is 3.61. The average molecular weight is 260 g/mol. The molecule has 0 aliphatic heterocycles. The number of hydrogen-bond donors (Lipinski definition) is 1. The molecule has 5 heteroatoms. The van der Waals surface area contributed by atoms with Crippen molar-refractivity contribution in [1.82, 2.24) is 10.3 Å². The monoisotopic (exact) mass is 260 g/mol. The quantitative estimate of drug-likeness (QED) is 0.919. The number of aromatic nitrogens is 1. The van der Waals surface area contributed by atoms with Gasteiger partial charge in [-0.2, -0.15) is 0 Å². The fourth-order valence-electron chi connectivity index (χ4n) is 1.78. The smallest absolute Gasteiger partial charge is 0.288 e. The molecule has 1 aliphatic carbocycles. The van der Waals surface area contributed by atoms with E-state index in [1.165, 1.54) is 18.3 Å². The largest absolute Gasteiger partial charge is 0.435 e. The van der Waals surface area contributed by atoms with Gasteiger partial charge in [0.25, 0.3) is 5.91 Å². The topological polar surface area (TPSA) is 55.1 Å². The second kappa shape index (κ2) is 4.84. The lowest BCUT2D eigenvalue weighted by Crippen LogP contribution is -2.22. The van der Waals surface area contributed by atoms with E-state index in [1.807, 2.05) is 0 Å². The maximum absolute atomic E-state index is 12.7. The highest BCUT2D eigenvalue weighted by Crippen LogP contribution is 2.39. The van der Waals surface area contributed by atoms with Crippen LogP contribution >= 0.6 is 0 Å². The Balaban J connectivity index is 1.59. The normalized spacial score (nSPS) is 14.4. The SMILES string of the molecule is O=C(NCc1ccc(F)cc1)c1cnc(C2CC2)o1. The number of benzene rings is 1. The van der Waals surface area contributed by atoms with Crippen LogP contribution in [0.15, 0.2) is 34.9 Å². The van der Waals surface area contributed by atoms with Gasteiger partial charge in [0.05, 0.1) is 6.20 Å². The summed E-state index contributed by atoms with van der Waals surface area (Å²) in [4.78, 5) is 15.9. The fourth-order valence-corrected chi connectivity index (χ4v) is 1.78. The Morgan fingerprint density at radius 1 is 1.37 bits per heavy atom. The zero-order chi connectivity index (χ0) is 13.2. The van der Waals surface area contributed by atoms with Crippen LogP contribution in [0.2, 0.25) is 0 Å². The third-order valence-electron chi connectivity index (χ3n) is 3.04. The molecule has 98 valence electrons. The molecule has 3 rings (SSSR count). The van der Waals surface area contributed by atoms with Crippen LogP contribution in [0.25, 0.3) is 0 Å². The molecule has 19 heavy (non-hydrogen) atoms. The van der Waals surface area contributed by atoms with Crippen molar-refractivity contribution in [3.05, 3.63) is 53.5 Å². The molecule has 1 aliphatic rings. The van der Waals surface area contributed by atoms with Crippen LogP contribution in [0.3, 0.4) is 0 Å². The van der Waals surface area contributed by atoms with E-state index < -0.39 is 0 Å². The molecule has 1 fully saturated rings. The molecule has 1 amide bonds. The number of rotatable bonds is 4. The van der Waals surface area contributed by atoms with Gasteiger partial charge in [-0.3, -0.25) is 4.79 Å². The lowest BCUT2D eigenvalue weighted by Gasteiger charge is -2.02. The Bertz CT molecular complexity index is 588. The van der Waals surface area contributed by atoms with Crippen molar-refractivity contribution in [3.63, 3.8) is 0 Å². The third-order valence-corrected chi connectivity index (χ3v) is 3.04. The Hall–Kier alpha value is -2.17. The van der Waals surface area contributed by atoms with E-state index in [1.54, 1.807) is 12.1 Å². The van der Waals surface area contributed by atoms with E-state index in [2.05, 4.69) is 10.3 Å². The highest BCUT2D eigenvalue weighted by molar-refractivity contribution is 5.91. The molecule has 2 aromatic rings. The minimum Gasteiger partial charge on any atom is -0.435 e. The standard InChI is InChI=1S/C14H13FN2O2/c15-11-5-1-9(2-6-11)7-16-13(18)12-8-17-14(19-12)10-3-4-10/h1-2,5-6,8,10H,3-4,7H2,(H,16,18). The molecule has 1 aromatic carbocycles. The van der Waals surface area contributed by atoms with Crippen LogP contribution in [0, 0.1) is 5.82 Å². The second-order valence-electron chi connectivity index (χ2n) is 4.65. The van der Waals surface area contributed by atoms with E-state index in [4.69, 9.17) is 4.42 Å². The zero-order valence-corrected chi connectivity index (χ0v) is 10.2. The van der Waals surface area contributed by atoms with Crippen molar-refractivity contribution in [2.75, 3.05) is 0 Å². The number of nitrogens with one attached hydrogen (secondary N) is 1. The first-order valence-corrected chi connectivity index (χ1v) is 6.21. The molecule has 1 heterocycles. The highest BCUT2D eigenvalue weighted by Gasteiger charge is 2.29. The van der Waals surface area contributed by atoms with Gasteiger partial charge in [0.15, 0.2) is 5.89 Å². The summed E-state index contributed by atoms with van der Waals surface area (Å²) in [6, 6.07) is 5.99. The number of amides is 1. The first-order chi connectivity index (χ1) is 9.22. The number of carbonyl (C=O) groups excluding carboxylic acids is 1. The Morgan fingerprint density at radius 2 is 2.11 bits per heavy atom. The lowest BCUT2D eigenvalue weighted by atomic mass is 10.2. The number of hydrogen-bond acceptors (Lipinski definition) is 3. The van der Waals surface area contributed by atoms with Crippen LogP contribution in [0.4, 0.5) is 4.39 Å². The van der Waals surface area contributed by atoms with E-state index in [0.29, 0.717) is 18.4 Å². The van der Waals surface area contributed by atoms with Crippen LogP contribution in [0.5, 0.6) is 0 Å². The van der Waals surface area contributed by atoms with Gasteiger partial charge in [0.1, 0.15) is 5.82 Å². The van der Waals surface area contributed by atoms with Crippen LogP contribution in [-0.2, 0) is 6.54 Å². The van der Waals surface area contributed by atoms with Crippen molar-refractivity contribution < 1.29 is 13.6 Å². The number of carbonyl (C=O) groups is 1. The van der Waals surface area contributed by atoms with Crippen molar-refractivity contribution in [2.45, 2.75) is 25.3 Å².